The smallest absolute Gasteiger partial charge is 0.125 e. The van der Waals surface area contributed by atoms with Crippen LogP contribution in [0.2, 0.25) is 0 Å². The van der Waals surface area contributed by atoms with Crippen molar-refractivity contribution in [3.8, 4) is 0 Å². The van der Waals surface area contributed by atoms with E-state index in [4.69, 9.17) is 0 Å². The minimum atomic E-state index is -0.184. The summed E-state index contributed by atoms with van der Waals surface area (Å²) < 4.78 is 0. The lowest BCUT2D eigenvalue weighted by Crippen LogP contribution is -1.82. The molecule has 0 saturated carbocycles. The highest BCUT2D eigenvalue weighted by Crippen LogP contribution is 2.15. The van der Waals surface area contributed by atoms with Gasteiger partial charge in [0, 0.05) is 4.88 Å². The van der Waals surface area contributed by atoms with Gasteiger partial charge in [-0.15, -0.1) is 11.3 Å². The number of rotatable bonds is 1. The number of aromatic nitrogens is 1. The van der Waals surface area contributed by atoms with Crippen LogP contribution in [0.1, 0.15) is 15.6 Å². The Hall–Kier alpha value is -0.410. The van der Waals surface area contributed by atoms with Crippen molar-refractivity contribution in [3.63, 3.8) is 0 Å². The topological polar surface area (TPSA) is 32.8 Å². The van der Waals surface area contributed by atoms with Gasteiger partial charge < -0.3 is 0 Å². The first-order chi connectivity index (χ1) is 4.24. The van der Waals surface area contributed by atoms with E-state index >= 15 is 0 Å². The number of hydrogen-bond acceptors (Lipinski definition) is 2. The monoisotopic (exact) mass is 142 g/mol. The van der Waals surface area contributed by atoms with E-state index in [0.29, 0.717) is 5.69 Å². The summed E-state index contributed by atoms with van der Waals surface area (Å²) in [6.45, 7) is 3.66. The van der Waals surface area contributed by atoms with Crippen LogP contribution in [-0.4, -0.2) is 4.98 Å². The molecule has 0 fully saturated rings. The van der Waals surface area contributed by atoms with Gasteiger partial charge in [0.05, 0.1) is 10.7 Å². The van der Waals surface area contributed by atoms with Crippen molar-refractivity contribution in [2.75, 3.05) is 0 Å². The fourth-order valence-electron chi connectivity index (χ4n) is 0.706. The molecule has 3 heteroatoms. The lowest BCUT2D eigenvalue weighted by atomic mass is 10.4. The average molecular weight is 142 g/mol. The first-order valence-electron chi connectivity index (χ1n) is 2.75. The summed E-state index contributed by atoms with van der Waals surface area (Å²) >= 11 is 1.58. The van der Waals surface area contributed by atoms with E-state index in [9.17, 15) is 5.11 Å². The molecule has 0 aliphatic rings. The predicted molar refractivity (Wildman–Crippen MR) is 36.0 cm³/mol. The molecule has 0 unspecified atom stereocenters. The van der Waals surface area contributed by atoms with Gasteiger partial charge in [-0.2, -0.15) is 0 Å². The third-order valence-corrected chi connectivity index (χ3v) is 2.06. The summed E-state index contributed by atoms with van der Waals surface area (Å²) in [5.41, 5.74) is 0.706. The molecule has 0 bridgehead atoms. The molecular weight excluding hydrogens is 134 g/mol. The van der Waals surface area contributed by atoms with Crippen molar-refractivity contribution in [3.05, 3.63) is 15.6 Å². The second-order valence-corrected chi connectivity index (χ2v) is 3.29. The fraction of sp³-hybridized carbons (Fsp3) is 0.500. The molecule has 49 valence electrons. The van der Waals surface area contributed by atoms with Gasteiger partial charge in [0.1, 0.15) is 6.61 Å². The third kappa shape index (κ3) is 1.28. The van der Waals surface area contributed by atoms with E-state index in [1.165, 1.54) is 0 Å². The molecule has 1 rings (SSSR count). The van der Waals surface area contributed by atoms with E-state index in [0.717, 1.165) is 9.88 Å². The standard InChI is InChI=1S/C6H8NOS/c1-4-6(3-8)7-5(2)9-4/h3H2,1-2H3. The van der Waals surface area contributed by atoms with E-state index in [2.05, 4.69) is 4.98 Å². The molecule has 9 heavy (non-hydrogen) atoms. The Morgan fingerprint density at radius 3 is 2.44 bits per heavy atom. The van der Waals surface area contributed by atoms with E-state index in [-0.39, 0.29) is 6.61 Å². The molecule has 1 aromatic heterocycles. The molecule has 0 aliphatic heterocycles. The summed E-state index contributed by atoms with van der Waals surface area (Å²) in [5.74, 6) is 0. The van der Waals surface area contributed by atoms with Gasteiger partial charge >= 0.3 is 0 Å². The van der Waals surface area contributed by atoms with Crippen molar-refractivity contribution in [2.24, 2.45) is 0 Å². The summed E-state index contributed by atoms with van der Waals surface area (Å²) in [6, 6.07) is 0. The second kappa shape index (κ2) is 2.45. The maximum absolute atomic E-state index is 10.3. The van der Waals surface area contributed by atoms with Crippen molar-refractivity contribution < 1.29 is 5.11 Å². The minimum Gasteiger partial charge on any atom is -0.244 e. The molecule has 1 heterocycles. The Labute approximate surface area is 58.2 Å². The maximum Gasteiger partial charge on any atom is 0.125 e. The molecule has 0 amide bonds. The van der Waals surface area contributed by atoms with E-state index in [1.54, 1.807) is 11.3 Å². The van der Waals surface area contributed by atoms with E-state index < -0.39 is 0 Å². The first-order valence-corrected chi connectivity index (χ1v) is 3.56. The Kier molecular flexibility index (Phi) is 1.83. The number of thiazole rings is 1. The third-order valence-electron chi connectivity index (χ3n) is 1.14. The molecule has 0 atom stereocenters. The van der Waals surface area contributed by atoms with Crippen LogP contribution in [0.3, 0.4) is 0 Å². The van der Waals surface area contributed by atoms with E-state index in [1.807, 2.05) is 13.8 Å². The van der Waals surface area contributed by atoms with Crippen LogP contribution < -0.4 is 0 Å². The largest absolute Gasteiger partial charge is 0.244 e. The van der Waals surface area contributed by atoms with Crippen LogP contribution in [0, 0.1) is 13.8 Å². The quantitative estimate of drug-likeness (QED) is 0.587. The van der Waals surface area contributed by atoms with Crippen LogP contribution in [-0.2, 0) is 11.7 Å². The van der Waals surface area contributed by atoms with Crippen LogP contribution in [0.25, 0.3) is 0 Å². The lowest BCUT2D eigenvalue weighted by molar-refractivity contribution is 0.174. The zero-order chi connectivity index (χ0) is 6.85. The summed E-state index contributed by atoms with van der Waals surface area (Å²) in [6.07, 6.45) is 0. The number of nitrogens with zero attached hydrogens (tertiary/aromatic N) is 1. The SMILES string of the molecule is Cc1nc(C[O])c(C)s1. The zero-order valence-electron chi connectivity index (χ0n) is 5.47. The molecule has 1 aromatic rings. The highest BCUT2D eigenvalue weighted by Gasteiger charge is 2.01. The van der Waals surface area contributed by atoms with Crippen LogP contribution >= 0.6 is 11.3 Å². The van der Waals surface area contributed by atoms with Crippen LogP contribution in [0.5, 0.6) is 0 Å². The van der Waals surface area contributed by atoms with Crippen LogP contribution in [0.4, 0.5) is 0 Å². The molecule has 0 saturated heterocycles. The van der Waals surface area contributed by atoms with Gasteiger partial charge in [-0.25, -0.2) is 10.1 Å². The molecule has 0 aliphatic carbocycles. The van der Waals surface area contributed by atoms with Gasteiger partial charge in [-0.05, 0) is 13.8 Å². The summed E-state index contributed by atoms with van der Waals surface area (Å²) in [4.78, 5) is 5.09. The molecule has 0 aromatic carbocycles. The Morgan fingerprint density at radius 1 is 1.56 bits per heavy atom. The predicted octanol–water partition coefficient (Wildman–Crippen LogP) is 1.69. The Balaban J connectivity index is 3.01. The first kappa shape index (κ1) is 6.71. The molecule has 1 radical (unpaired) electrons. The van der Waals surface area contributed by atoms with Crippen molar-refractivity contribution >= 4 is 11.3 Å². The average Bonchev–Trinajstić information content (AvgIpc) is 2.10. The van der Waals surface area contributed by atoms with Gasteiger partial charge in [-0.1, -0.05) is 0 Å². The Morgan fingerprint density at radius 2 is 2.22 bits per heavy atom. The van der Waals surface area contributed by atoms with Crippen molar-refractivity contribution in [2.45, 2.75) is 20.5 Å². The van der Waals surface area contributed by atoms with Gasteiger partial charge in [0.2, 0.25) is 0 Å². The molecule has 2 nitrogen and oxygen atoms in total. The van der Waals surface area contributed by atoms with Crippen molar-refractivity contribution in [1.29, 1.82) is 0 Å². The van der Waals surface area contributed by atoms with Gasteiger partial charge in [0.25, 0.3) is 0 Å². The fourth-order valence-corrected chi connectivity index (χ4v) is 1.53. The van der Waals surface area contributed by atoms with Crippen LogP contribution in [0.15, 0.2) is 0 Å². The minimum absolute atomic E-state index is 0.184. The highest BCUT2D eigenvalue weighted by atomic mass is 32.1. The van der Waals surface area contributed by atoms with Crippen molar-refractivity contribution in [1.82, 2.24) is 4.98 Å². The summed E-state index contributed by atoms with van der Waals surface area (Å²) in [7, 11) is 0. The number of aryl methyl sites for hydroxylation is 2. The molecule has 0 N–H and O–H groups in total. The highest BCUT2D eigenvalue weighted by molar-refractivity contribution is 7.11. The number of hydrogen-bond donors (Lipinski definition) is 0. The summed E-state index contributed by atoms with van der Waals surface area (Å²) in [5, 5.41) is 11.3. The lowest BCUT2D eigenvalue weighted by Gasteiger charge is -1.83. The molecular formula is C6H8NOS. The normalized spacial score (nSPS) is 10.1. The Bertz CT molecular complexity index is 207. The van der Waals surface area contributed by atoms with Gasteiger partial charge in [0.15, 0.2) is 0 Å². The van der Waals surface area contributed by atoms with Gasteiger partial charge in [-0.3, -0.25) is 0 Å². The maximum atomic E-state index is 10.3. The second-order valence-electron chi connectivity index (χ2n) is 1.88. The zero-order valence-corrected chi connectivity index (χ0v) is 6.29. The molecule has 0 spiro atoms.